The molecule has 15 rings (SSSR count). The number of hydrogen-bond acceptors (Lipinski definition) is 1. The summed E-state index contributed by atoms with van der Waals surface area (Å²) in [5.74, 6) is 0. The van der Waals surface area contributed by atoms with Gasteiger partial charge in [-0.3, -0.25) is 0 Å². The first-order valence-electron chi connectivity index (χ1n) is 22.8. The summed E-state index contributed by atoms with van der Waals surface area (Å²) in [6, 6.07) is 86.1. The molecule has 1 spiro atoms. The second kappa shape index (κ2) is 13.4. The smallest absolute Gasteiger partial charge is 0.0740 e. The van der Waals surface area contributed by atoms with Crippen LogP contribution in [0.25, 0.3) is 109 Å². The highest BCUT2D eigenvalue weighted by molar-refractivity contribution is 7.22. The van der Waals surface area contributed by atoms with Crippen LogP contribution in [0, 0.1) is 0 Å². The van der Waals surface area contributed by atoms with Crippen molar-refractivity contribution < 1.29 is 0 Å². The Morgan fingerprint density at radius 3 is 1.23 bits per heavy atom. The molecule has 0 bridgehead atoms. The lowest BCUT2D eigenvalue weighted by molar-refractivity contribution is 0.803. The second-order valence-electron chi connectivity index (χ2n) is 18.0. The Balaban J connectivity index is 0.905. The van der Waals surface area contributed by atoms with Gasteiger partial charge in [-0.15, -0.1) is 11.3 Å². The molecule has 306 valence electrons. The first-order valence-corrected chi connectivity index (χ1v) is 23.6. The van der Waals surface area contributed by atoms with E-state index in [1.165, 1.54) is 120 Å². The highest BCUT2D eigenvalue weighted by Crippen LogP contribution is 2.66. The lowest BCUT2D eigenvalue weighted by Gasteiger charge is -2.31. The molecule has 0 radical (unpaired) electrons. The normalized spacial score (nSPS) is 14.7. The third-order valence-electron chi connectivity index (χ3n) is 14.8. The Morgan fingerprint density at radius 1 is 0.303 bits per heavy atom. The van der Waals surface area contributed by atoms with Crippen molar-refractivity contribution in [2.24, 2.45) is 0 Å². The molecule has 2 aliphatic rings. The van der Waals surface area contributed by atoms with Crippen molar-refractivity contribution in [2.75, 3.05) is 0 Å². The molecule has 10 aromatic carbocycles. The van der Waals surface area contributed by atoms with E-state index in [2.05, 4.69) is 240 Å². The summed E-state index contributed by atoms with van der Waals surface area (Å²) in [6.07, 6.45) is 0. The van der Waals surface area contributed by atoms with Crippen LogP contribution in [-0.2, 0) is 5.41 Å². The van der Waals surface area contributed by atoms with Gasteiger partial charge >= 0.3 is 0 Å². The molecule has 1 unspecified atom stereocenters. The van der Waals surface area contributed by atoms with E-state index in [1.807, 2.05) is 11.3 Å². The second-order valence-corrected chi connectivity index (χ2v) is 19.0. The zero-order chi connectivity index (χ0) is 43.1. The molecular weight excluding hydrogens is 817 g/mol. The third-order valence-corrected chi connectivity index (χ3v) is 16.0. The molecule has 1 atom stereocenters. The van der Waals surface area contributed by atoms with Crippen molar-refractivity contribution in [3.05, 3.63) is 253 Å². The minimum Gasteiger partial charge on any atom is -0.309 e. The van der Waals surface area contributed by atoms with Crippen molar-refractivity contribution in [2.45, 2.75) is 5.41 Å². The van der Waals surface area contributed by atoms with Crippen LogP contribution in [0.5, 0.6) is 0 Å². The number of aromatic nitrogens is 2. The number of nitrogens with zero attached hydrogens (tertiary/aromatic N) is 2. The number of fused-ring (bicyclic) bond motifs is 18. The number of rotatable bonds is 4. The summed E-state index contributed by atoms with van der Waals surface area (Å²) >= 11 is 1.94. The maximum Gasteiger partial charge on any atom is 0.0740 e. The van der Waals surface area contributed by atoms with Crippen molar-refractivity contribution in [3.8, 4) is 55.2 Å². The average molecular weight is 855 g/mol. The maximum absolute atomic E-state index is 2.52. The lowest BCUT2D eigenvalue weighted by atomic mass is 9.69. The largest absolute Gasteiger partial charge is 0.309 e. The molecule has 0 fully saturated rings. The van der Waals surface area contributed by atoms with Crippen LogP contribution in [-0.4, -0.2) is 9.13 Å². The number of hydrogen-bond donors (Lipinski definition) is 0. The predicted molar refractivity (Wildman–Crippen MR) is 278 cm³/mol. The summed E-state index contributed by atoms with van der Waals surface area (Å²) in [4.78, 5) is 1.38. The van der Waals surface area contributed by atoms with E-state index in [0.717, 1.165) is 11.4 Å². The van der Waals surface area contributed by atoms with Crippen molar-refractivity contribution in [1.82, 2.24) is 9.13 Å². The van der Waals surface area contributed by atoms with Gasteiger partial charge in [0.15, 0.2) is 0 Å². The SMILES string of the molecule is c1ccc2c(c1)-c1ccc(-c3ccc(-n4c5ccccc5c5ccccc54)cc3)cc1C21c2cc(-c3ccc(-n4c5ccccc5c5ccccc54)cc3)ccc2-c2sc3ccccc3c21. The van der Waals surface area contributed by atoms with Gasteiger partial charge in [0.1, 0.15) is 0 Å². The molecular formula is C63H38N2S. The Hall–Kier alpha value is -8.24. The van der Waals surface area contributed by atoms with E-state index in [4.69, 9.17) is 0 Å². The molecule has 3 heterocycles. The van der Waals surface area contributed by atoms with Gasteiger partial charge in [0.25, 0.3) is 0 Å². The highest BCUT2D eigenvalue weighted by atomic mass is 32.1. The molecule has 0 N–H and O–H groups in total. The lowest BCUT2D eigenvalue weighted by Crippen LogP contribution is -2.26. The van der Waals surface area contributed by atoms with Crippen molar-refractivity contribution in [1.29, 1.82) is 0 Å². The van der Waals surface area contributed by atoms with E-state index in [1.54, 1.807) is 0 Å². The molecule has 2 nitrogen and oxygen atoms in total. The van der Waals surface area contributed by atoms with Gasteiger partial charge in [-0.2, -0.15) is 0 Å². The molecule has 13 aromatic rings. The predicted octanol–water partition coefficient (Wildman–Crippen LogP) is 16.8. The van der Waals surface area contributed by atoms with Gasteiger partial charge in [-0.25, -0.2) is 0 Å². The van der Waals surface area contributed by atoms with Crippen LogP contribution in [0.1, 0.15) is 22.3 Å². The zero-order valence-electron chi connectivity index (χ0n) is 35.7. The summed E-state index contributed by atoms with van der Waals surface area (Å²) in [7, 11) is 0. The fourth-order valence-electron chi connectivity index (χ4n) is 12.0. The first kappa shape index (κ1) is 36.1. The summed E-state index contributed by atoms with van der Waals surface area (Å²) < 4.78 is 6.13. The van der Waals surface area contributed by atoms with E-state index in [-0.39, 0.29) is 0 Å². The fraction of sp³-hybridized carbons (Fsp3) is 0.0159. The van der Waals surface area contributed by atoms with E-state index >= 15 is 0 Å². The topological polar surface area (TPSA) is 9.86 Å². The summed E-state index contributed by atoms with van der Waals surface area (Å²) in [5.41, 5.74) is 21.1. The monoisotopic (exact) mass is 854 g/mol. The Morgan fingerprint density at radius 2 is 0.697 bits per heavy atom. The number of benzene rings is 10. The quantitative estimate of drug-likeness (QED) is 0.167. The Labute approximate surface area is 385 Å². The minimum absolute atomic E-state index is 0.492. The molecule has 0 saturated carbocycles. The Kier molecular flexibility index (Phi) is 7.34. The van der Waals surface area contributed by atoms with E-state index < -0.39 is 5.41 Å². The van der Waals surface area contributed by atoms with Gasteiger partial charge < -0.3 is 9.13 Å². The summed E-state index contributed by atoms with van der Waals surface area (Å²) in [6.45, 7) is 0. The van der Waals surface area contributed by atoms with Crippen LogP contribution in [0.3, 0.4) is 0 Å². The third kappa shape index (κ3) is 4.74. The van der Waals surface area contributed by atoms with Crippen LogP contribution >= 0.6 is 11.3 Å². The molecule has 66 heavy (non-hydrogen) atoms. The standard InChI is InChI=1S/C63H38N2S/c1-7-19-53-45(13-1)46-35-29-41(39-25-31-43(32-26-39)64-56-20-8-2-14-47(56)48-15-3-9-21-57(48)64)37-54(46)63(53)55-38-42(30-36-51(55)62-61(63)52-18-6-12-24-60(52)66-62)40-27-33-44(34-28-40)65-58-22-10-4-16-49(58)50-17-5-11-23-59(50)65/h1-38H. The molecule has 2 aliphatic carbocycles. The van der Waals surface area contributed by atoms with Gasteiger partial charge in [-0.05, 0) is 133 Å². The van der Waals surface area contributed by atoms with Crippen molar-refractivity contribution in [3.63, 3.8) is 0 Å². The van der Waals surface area contributed by atoms with Crippen molar-refractivity contribution >= 4 is 65.0 Å². The molecule has 3 aromatic heterocycles. The minimum atomic E-state index is -0.492. The fourth-order valence-corrected chi connectivity index (χ4v) is 13.3. The van der Waals surface area contributed by atoms with Crippen LogP contribution in [0.2, 0.25) is 0 Å². The Bertz CT molecular complexity index is 4050. The zero-order valence-corrected chi connectivity index (χ0v) is 36.6. The van der Waals surface area contributed by atoms with Crippen LogP contribution in [0.4, 0.5) is 0 Å². The number of para-hydroxylation sites is 4. The number of thiophene rings is 1. The summed E-state index contributed by atoms with van der Waals surface area (Å²) in [5, 5.41) is 6.44. The van der Waals surface area contributed by atoms with E-state index in [9.17, 15) is 0 Å². The highest BCUT2D eigenvalue weighted by Gasteiger charge is 2.53. The van der Waals surface area contributed by atoms with Crippen LogP contribution in [0.15, 0.2) is 231 Å². The van der Waals surface area contributed by atoms with Crippen LogP contribution < -0.4 is 0 Å². The molecule has 3 heteroatoms. The first-order chi connectivity index (χ1) is 32.7. The van der Waals surface area contributed by atoms with E-state index in [0.29, 0.717) is 0 Å². The van der Waals surface area contributed by atoms with Gasteiger partial charge in [-0.1, -0.05) is 164 Å². The van der Waals surface area contributed by atoms with Gasteiger partial charge in [0.05, 0.1) is 27.5 Å². The molecule has 0 aliphatic heterocycles. The molecule has 0 saturated heterocycles. The maximum atomic E-state index is 2.52. The average Bonchev–Trinajstić information content (AvgIpc) is 4.17. The van der Waals surface area contributed by atoms with Gasteiger partial charge in [0, 0.05) is 42.5 Å². The van der Waals surface area contributed by atoms with Gasteiger partial charge in [0.2, 0.25) is 0 Å². The molecule has 0 amide bonds.